The number of hydrogen-bond acceptors (Lipinski definition) is 7. The summed E-state index contributed by atoms with van der Waals surface area (Å²) in [6, 6.07) is 7.49. The van der Waals surface area contributed by atoms with Gasteiger partial charge in [0.1, 0.15) is 12.7 Å². The average molecular weight is 481 g/mol. The average Bonchev–Trinajstić information content (AvgIpc) is 3.05. The van der Waals surface area contributed by atoms with Gasteiger partial charge in [0.2, 0.25) is 0 Å². The van der Waals surface area contributed by atoms with Crippen molar-refractivity contribution in [2.45, 2.75) is 37.6 Å². The van der Waals surface area contributed by atoms with Gasteiger partial charge in [-0.05, 0) is 30.5 Å². The Labute approximate surface area is 196 Å². The van der Waals surface area contributed by atoms with Crippen LogP contribution in [0.1, 0.15) is 18.4 Å². The highest BCUT2D eigenvalue weighted by atomic mass is 35.5. The number of β-amino-alcohol motifs (C(OH)–C–C–N with tert-alkyl or cyclic N) is 1. The number of halogens is 2. The summed E-state index contributed by atoms with van der Waals surface area (Å²) in [5.74, 6) is 3.76. The molecule has 9 heteroatoms. The van der Waals surface area contributed by atoms with Gasteiger partial charge in [-0.1, -0.05) is 6.07 Å². The van der Waals surface area contributed by atoms with Crippen molar-refractivity contribution in [2.24, 2.45) is 0 Å². The lowest BCUT2D eigenvalue weighted by Gasteiger charge is -2.32. The zero-order chi connectivity index (χ0) is 19.3. The second-order valence-corrected chi connectivity index (χ2v) is 9.42. The first-order chi connectivity index (χ1) is 13.7. The number of benzene rings is 1. The lowest BCUT2D eigenvalue weighted by Crippen LogP contribution is -2.50. The van der Waals surface area contributed by atoms with Gasteiger partial charge in [-0.25, -0.2) is 0 Å². The largest absolute Gasteiger partial charge is 0.493 e. The minimum Gasteiger partial charge on any atom is -0.493 e. The van der Waals surface area contributed by atoms with Crippen LogP contribution in [0.15, 0.2) is 18.2 Å². The van der Waals surface area contributed by atoms with Crippen LogP contribution in [0, 0.1) is 0 Å². The molecule has 172 valence electrons. The van der Waals surface area contributed by atoms with E-state index < -0.39 is 6.10 Å². The van der Waals surface area contributed by atoms with Gasteiger partial charge >= 0.3 is 0 Å². The second kappa shape index (κ2) is 12.6. The first kappa shape index (κ1) is 25.8. The van der Waals surface area contributed by atoms with E-state index >= 15 is 0 Å². The van der Waals surface area contributed by atoms with Crippen molar-refractivity contribution in [1.29, 1.82) is 0 Å². The van der Waals surface area contributed by atoms with Crippen LogP contribution in [0.5, 0.6) is 11.5 Å². The molecule has 2 N–H and O–H groups in total. The SMILES string of the molecule is COc1cc(CN2C[C@H]3CC[C@@H](C2)N3)ccc1OCC(O)CN1CCSCC1.Cl.Cl. The number of nitrogens with zero attached hydrogens (tertiary/aromatic N) is 2. The maximum atomic E-state index is 10.3. The van der Waals surface area contributed by atoms with Crippen LogP contribution in [0.4, 0.5) is 0 Å². The number of rotatable bonds is 8. The minimum absolute atomic E-state index is 0. The van der Waals surface area contributed by atoms with Crippen molar-refractivity contribution in [1.82, 2.24) is 15.1 Å². The van der Waals surface area contributed by atoms with Gasteiger partial charge in [0.25, 0.3) is 0 Å². The third-order valence-electron chi connectivity index (χ3n) is 5.93. The van der Waals surface area contributed by atoms with Crippen molar-refractivity contribution in [3.63, 3.8) is 0 Å². The fourth-order valence-corrected chi connectivity index (χ4v) is 5.50. The third-order valence-corrected chi connectivity index (χ3v) is 6.87. The Kier molecular flexibility index (Phi) is 10.8. The van der Waals surface area contributed by atoms with E-state index in [0.29, 0.717) is 31.0 Å². The van der Waals surface area contributed by atoms with E-state index in [-0.39, 0.29) is 24.8 Å². The Morgan fingerprint density at radius 3 is 2.47 bits per heavy atom. The summed E-state index contributed by atoms with van der Waals surface area (Å²) in [4.78, 5) is 4.85. The summed E-state index contributed by atoms with van der Waals surface area (Å²) in [7, 11) is 1.68. The number of ether oxygens (including phenoxy) is 2. The number of aliphatic hydroxyl groups excluding tert-OH is 1. The third kappa shape index (κ3) is 7.05. The van der Waals surface area contributed by atoms with Gasteiger partial charge in [-0.2, -0.15) is 11.8 Å². The number of fused-ring (bicyclic) bond motifs is 2. The molecule has 3 heterocycles. The Morgan fingerprint density at radius 1 is 1.10 bits per heavy atom. The number of aliphatic hydroxyl groups is 1. The molecule has 4 rings (SSSR count). The molecular weight excluding hydrogens is 445 g/mol. The van der Waals surface area contributed by atoms with E-state index in [9.17, 15) is 5.11 Å². The highest BCUT2D eigenvalue weighted by Crippen LogP contribution is 2.30. The van der Waals surface area contributed by atoms with E-state index in [1.807, 2.05) is 17.8 Å². The van der Waals surface area contributed by atoms with E-state index in [1.54, 1.807) is 7.11 Å². The number of piperazine rings is 1. The molecule has 30 heavy (non-hydrogen) atoms. The van der Waals surface area contributed by atoms with Crippen LogP contribution in [0.25, 0.3) is 0 Å². The summed E-state index contributed by atoms with van der Waals surface area (Å²) in [5.41, 5.74) is 1.25. The first-order valence-electron chi connectivity index (χ1n) is 10.5. The predicted octanol–water partition coefficient (Wildman–Crippen LogP) is 2.26. The van der Waals surface area contributed by atoms with Crippen molar-refractivity contribution >= 4 is 36.6 Å². The number of methoxy groups -OCH3 is 1. The molecule has 3 saturated heterocycles. The normalized spacial score (nSPS) is 25.1. The van der Waals surface area contributed by atoms with E-state index in [1.165, 1.54) is 18.4 Å². The molecule has 0 radical (unpaired) electrons. The highest BCUT2D eigenvalue weighted by molar-refractivity contribution is 7.99. The molecule has 3 aliphatic heterocycles. The summed E-state index contributed by atoms with van der Waals surface area (Å²) in [6.07, 6.45) is 2.12. The second-order valence-electron chi connectivity index (χ2n) is 8.19. The van der Waals surface area contributed by atoms with Crippen molar-refractivity contribution in [3.05, 3.63) is 23.8 Å². The van der Waals surface area contributed by atoms with Crippen LogP contribution >= 0.6 is 36.6 Å². The summed E-state index contributed by atoms with van der Waals surface area (Å²) in [6.45, 7) is 6.26. The zero-order valence-electron chi connectivity index (χ0n) is 17.6. The molecule has 0 aliphatic carbocycles. The first-order valence-corrected chi connectivity index (χ1v) is 11.6. The number of likely N-dealkylation sites (tertiary alicyclic amines) is 1. The quantitative estimate of drug-likeness (QED) is 0.592. The van der Waals surface area contributed by atoms with Gasteiger partial charge in [-0.15, -0.1) is 24.8 Å². The molecule has 6 nitrogen and oxygen atoms in total. The Morgan fingerprint density at radius 2 is 1.80 bits per heavy atom. The lowest BCUT2D eigenvalue weighted by molar-refractivity contribution is 0.0704. The van der Waals surface area contributed by atoms with E-state index in [2.05, 4.69) is 27.2 Å². The smallest absolute Gasteiger partial charge is 0.161 e. The zero-order valence-corrected chi connectivity index (χ0v) is 20.1. The topological polar surface area (TPSA) is 57.2 Å². The molecular formula is C21H35Cl2N3O3S. The molecule has 0 aromatic heterocycles. The molecule has 0 spiro atoms. The number of hydrogen-bond donors (Lipinski definition) is 2. The maximum absolute atomic E-state index is 10.3. The molecule has 1 aromatic rings. The van der Waals surface area contributed by atoms with Crippen molar-refractivity contribution in [2.75, 3.05) is 57.9 Å². The Bertz CT molecular complexity index is 640. The van der Waals surface area contributed by atoms with Crippen molar-refractivity contribution in [3.8, 4) is 11.5 Å². The summed E-state index contributed by atoms with van der Waals surface area (Å²) in [5, 5.41) is 14.0. The van der Waals surface area contributed by atoms with Gasteiger partial charge in [0.15, 0.2) is 11.5 Å². The van der Waals surface area contributed by atoms with Crippen LogP contribution < -0.4 is 14.8 Å². The van der Waals surface area contributed by atoms with Gasteiger partial charge in [0, 0.05) is 62.9 Å². The van der Waals surface area contributed by atoms with Crippen molar-refractivity contribution < 1.29 is 14.6 Å². The molecule has 2 bridgehead atoms. The number of thioether (sulfide) groups is 1. The summed E-state index contributed by atoms with van der Waals surface area (Å²) < 4.78 is 11.5. The Balaban J connectivity index is 0.00000160. The van der Waals surface area contributed by atoms with E-state index in [4.69, 9.17) is 9.47 Å². The standard InChI is InChI=1S/C21H33N3O3S.2ClH/c1-26-21-10-16(11-24-12-17-3-4-18(13-24)22-17)2-5-20(21)27-15-19(25)14-23-6-8-28-9-7-23;;/h2,5,10,17-19,22,25H,3-4,6-9,11-15H2,1H3;2*1H/t17-,18+,19?;;. The molecule has 3 aliphatic rings. The van der Waals surface area contributed by atoms with Gasteiger partial charge in [-0.3, -0.25) is 9.80 Å². The fraction of sp³-hybridized carbons (Fsp3) is 0.714. The molecule has 1 aromatic carbocycles. The fourth-order valence-electron chi connectivity index (χ4n) is 4.53. The lowest BCUT2D eigenvalue weighted by atomic mass is 10.1. The van der Waals surface area contributed by atoms with Crippen LogP contribution in [-0.4, -0.2) is 91.0 Å². The predicted molar refractivity (Wildman–Crippen MR) is 128 cm³/mol. The highest BCUT2D eigenvalue weighted by Gasteiger charge is 2.31. The molecule has 1 unspecified atom stereocenters. The minimum atomic E-state index is -0.483. The molecule has 3 atom stereocenters. The molecule has 3 fully saturated rings. The Hall–Kier alpha value is -0.410. The van der Waals surface area contributed by atoms with E-state index in [0.717, 1.165) is 50.0 Å². The summed E-state index contributed by atoms with van der Waals surface area (Å²) >= 11 is 1.98. The number of nitrogens with one attached hydrogen (secondary N) is 1. The van der Waals surface area contributed by atoms with Gasteiger partial charge < -0.3 is 19.9 Å². The van der Waals surface area contributed by atoms with Crippen LogP contribution in [0.2, 0.25) is 0 Å². The van der Waals surface area contributed by atoms with Crippen LogP contribution in [-0.2, 0) is 6.54 Å². The van der Waals surface area contributed by atoms with Crippen LogP contribution in [0.3, 0.4) is 0 Å². The monoisotopic (exact) mass is 479 g/mol. The molecule has 0 saturated carbocycles. The molecule has 0 amide bonds. The maximum Gasteiger partial charge on any atom is 0.161 e. The van der Waals surface area contributed by atoms with Gasteiger partial charge in [0.05, 0.1) is 7.11 Å².